The van der Waals surface area contributed by atoms with Crippen LogP contribution in [0.25, 0.3) is 10.9 Å². The van der Waals surface area contributed by atoms with Crippen molar-refractivity contribution in [2.45, 2.75) is 25.7 Å². The normalized spacial score (nSPS) is 15.5. The molecule has 0 atom stereocenters. The highest BCUT2D eigenvalue weighted by Gasteiger charge is 2.27. The Balaban J connectivity index is 1.53. The molecule has 0 aliphatic carbocycles. The SMILES string of the molecule is Cc1c[nH]c(=O)c2c(C(=O)N3CCC(c4ccc(Cl)cc4)CC3)c[nH]c12. The Hall–Kier alpha value is -2.53. The van der Waals surface area contributed by atoms with Crippen LogP contribution in [-0.2, 0) is 0 Å². The zero-order chi connectivity index (χ0) is 18.3. The van der Waals surface area contributed by atoms with Crippen molar-refractivity contribution in [1.82, 2.24) is 14.9 Å². The largest absolute Gasteiger partial charge is 0.360 e. The Morgan fingerprint density at radius 3 is 2.50 bits per heavy atom. The Morgan fingerprint density at radius 2 is 1.81 bits per heavy atom. The molecule has 0 saturated carbocycles. The molecule has 0 radical (unpaired) electrons. The Bertz CT molecular complexity index is 1010. The van der Waals surface area contributed by atoms with Crippen LogP contribution in [0.4, 0.5) is 0 Å². The summed E-state index contributed by atoms with van der Waals surface area (Å²) < 4.78 is 0. The van der Waals surface area contributed by atoms with E-state index >= 15 is 0 Å². The van der Waals surface area contributed by atoms with E-state index < -0.39 is 0 Å². The summed E-state index contributed by atoms with van der Waals surface area (Å²) in [6.45, 7) is 3.27. The third-order valence-electron chi connectivity index (χ3n) is 5.28. The number of fused-ring (bicyclic) bond motifs is 1. The van der Waals surface area contributed by atoms with Crippen LogP contribution in [-0.4, -0.2) is 33.9 Å². The maximum absolute atomic E-state index is 13.0. The van der Waals surface area contributed by atoms with Crippen LogP contribution in [0.5, 0.6) is 0 Å². The van der Waals surface area contributed by atoms with E-state index in [2.05, 4.69) is 22.1 Å². The number of H-pyrrole nitrogens is 2. The molecule has 4 rings (SSSR count). The number of amides is 1. The van der Waals surface area contributed by atoms with Crippen molar-refractivity contribution in [1.29, 1.82) is 0 Å². The molecule has 3 heterocycles. The fraction of sp³-hybridized carbons (Fsp3) is 0.300. The summed E-state index contributed by atoms with van der Waals surface area (Å²) in [6.07, 6.45) is 5.13. The van der Waals surface area contributed by atoms with Crippen molar-refractivity contribution >= 4 is 28.4 Å². The number of pyridine rings is 1. The summed E-state index contributed by atoms with van der Waals surface area (Å²) in [6, 6.07) is 7.95. The fourth-order valence-electron chi connectivity index (χ4n) is 3.78. The molecular weight excluding hydrogens is 350 g/mol. The van der Waals surface area contributed by atoms with Gasteiger partial charge in [-0.1, -0.05) is 23.7 Å². The van der Waals surface area contributed by atoms with Gasteiger partial charge in [0.25, 0.3) is 11.5 Å². The van der Waals surface area contributed by atoms with Crippen LogP contribution in [0.1, 0.15) is 40.2 Å². The monoisotopic (exact) mass is 369 g/mol. The first-order valence-corrected chi connectivity index (χ1v) is 9.16. The molecular formula is C20H20ClN3O2. The van der Waals surface area contributed by atoms with Crippen LogP contribution < -0.4 is 5.56 Å². The predicted molar refractivity (Wildman–Crippen MR) is 103 cm³/mol. The van der Waals surface area contributed by atoms with Gasteiger partial charge in [0, 0.05) is 30.5 Å². The number of nitrogens with one attached hydrogen (secondary N) is 2. The number of aromatic nitrogens is 2. The van der Waals surface area contributed by atoms with Gasteiger partial charge < -0.3 is 14.9 Å². The van der Waals surface area contributed by atoms with Crippen LogP contribution in [0.15, 0.2) is 41.5 Å². The number of aromatic amines is 2. The highest BCUT2D eigenvalue weighted by molar-refractivity contribution is 6.30. The minimum atomic E-state index is -0.230. The maximum atomic E-state index is 13.0. The van der Waals surface area contributed by atoms with Crippen molar-refractivity contribution in [3.05, 3.63) is 68.7 Å². The van der Waals surface area contributed by atoms with E-state index in [1.165, 1.54) is 5.56 Å². The van der Waals surface area contributed by atoms with Crippen molar-refractivity contribution in [3.63, 3.8) is 0 Å². The standard InChI is InChI=1S/C20H20ClN3O2/c1-12-10-23-19(25)17-16(11-22-18(12)17)20(26)24-8-6-14(7-9-24)13-2-4-15(21)5-3-13/h2-5,10-11,14,22H,6-9H2,1H3,(H,23,25). The molecule has 1 aliphatic heterocycles. The molecule has 1 fully saturated rings. The molecule has 26 heavy (non-hydrogen) atoms. The summed E-state index contributed by atoms with van der Waals surface area (Å²) in [4.78, 5) is 32.8. The lowest BCUT2D eigenvalue weighted by molar-refractivity contribution is 0.0715. The molecule has 0 unspecified atom stereocenters. The smallest absolute Gasteiger partial charge is 0.258 e. The van der Waals surface area contributed by atoms with Crippen LogP contribution in [0.3, 0.4) is 0 Å². The topological polar surface area (TPSA) is 69.0 Å². The van der Waals surface area contributed by atoms with E-state index in [0.29, 0.717) is 30.0 Å². The van der Waals surface area contributed by atoms with Crippen molar-refractivity contribution in [2.75, 3.05) is 13.1 Å². The third kappa shape index (κ3) is 2.92. The van der Waals surface area contributed by atoms with Gasteiger partial charge in [-0.25, -0.2) is 0 Å². The molecule has 1 aromatic carbocycles. The van der Waals surface area contributed by atoms with Gasteiger partial charge in [-0.3, -0.25) is 9.59 Å². The lowest BCUT2D eigenvalue weighted by Crippen LogP contribution is -2.38. The van der Waals surface area contributed by atoms with E-state index in [1.54, 1.807) is 12.4 Å². The number of carbonyl (C=O) groups excluding carboxylic acids is 1. The molecule has 1 saturated heterocycles. The van der Waals surface area contributed by atoms with Gasteiger partial charge in [0.05, 0.1) is 16.5 Å². The first-order valence-electron chi connectivity index (χ1n) is 8.78. The van der Waals surface area contributed by atoms with Crippen LogP contribution in [0.2, 0.25) is 5.02 Å². The number of hydrogen-bond acceptors (Lipinski definition) is 2. The second kappa shape index (κ2) is 6.65. The van der Waals surface area contributed by atoms with E-state index in [4.69, 9.17) is 11.6 Å². The minimum Gasteiger partial charge on any atom is -0.360 e. The zero-order valence-electron chi connectivity index (χ0n) is 14.5. The van der Waals surface area contributed by atoms with Crippen molar-refractivity contribution in [3.8, 4) is 0 Å². The number of benzene rings is 1. The molecule has 5 nitrogen and oxygen atoms in total. The number of nitrogens with zero attached hydrogens (tertiary/aromatic N) is 1. The van der Waals surface area contributed by atoms with E-state index in [1.807, 2.05) is 24.0 Å². The number of piperidine rings is 1. The molecule has 2 aromatic heterocycles. The minimum absolute atomic E-state index is 0.0816. The number of carbonyl (C=O) groups is 1. The number of halogens is 1. The Morgan fingerprint density at radius 1 is 1.12 bits per heavy atom. The van der Waals surface area contributed by atoms with Crippen molar-refractivity contribution < 1.29 is 4.79 Å². The lowest BCUT2D eigenvalue weighted by atomic mass is 9.89. The molecule has 6 heteroatoms. The van der Waals surface area contributed by atoms with Gasteiger partial charge in [-0.15, -0.1) is 0 Å². The summed E-state index contributed by atoms with van der Waals surface area (Å²) in [7, 11) is 0. The quantitative estimate of drug-likeness (QED) is 0.720. The van der Waals surface area contributed by atoms with Crippen LogP contribution in [0, 0.1) is 6.92 Å². The zero-order valence-corrected chi connectivity index (χ0v) is 15.3. The van der Waals surface area contributed by atoms with Crippen LogP contribution >= 0.6 is 11.6 Å². The molecule has 0 bridgehead atoms. The van der Waals surface area contributed by atoms with Crippen molar-refractivity contribution in [2.24, 2.45) is 0 Å². The molecule has 1 amide bonds. The van der Waals surface area contributed by atoms with E-state index in [0.717, 1.165) is 28.9 Å². The van der Waals surface area contributed by atoms with Gasteiger partial charge in [0.15, 0.2) is 0 Å². The highest BCUT2D eigenvalue weighted by Crippen LogP contribution is 2.30. The Labute approximate surface area is 156 Å². The first-order chi connectivity index (χ1) is 12.5. The summed E-state index contributed by atoms with van der Waals surface area (Å²) in [5.41, 5.74) is 3.13. The second-order valence-corrected chi connectivity index (χ2v) is 7.31. The molecule has 2 N–H and O–H groups in total. The van der Waals surface area contributed by atoms with E-state index in [-0.39, 0.29) is 11.5 Å². The predicted octanol–water partition coefficient (Wildman–Crippen LogP) is 3.84. The van der Waals surface area contributed by atoms with Gasteiger partial charge >= 0.3 is 0 Å². The fourth-order valence-corrected chi connectivity index (χ4v) is 3.90. The summed E-state index contributed by atoms with van der Waals surface area (Å²) in [5.74, 6) is 0.354. The third-order valence-corrected chi connectivity index (χ3v) is 5.53. The Kier molecular flexibility index (Phi) is 4.32. The molecule has 3 aromatic rings. The molecule has 0 spiro atoms. The molecule has 134 valence electrons. The molecule has 1 aliphatic rings. The maximum Gasteiger partial charge on any atom is 0.258 e. The van der Waals surface area contributed by atoms with Gasteiger partial charge in [-0.2, -0.15) is 0 Å². The number of rotatable bonds is 2. The summed E-state index contributed by atoms with van der Waals surface area (Å²) >= 11 is 5.96. The number of likely N-dealkylation sites (tertiary alicyclic amines) is 1. The van der Waals surface area contributed by atoms with Gasteiger partial charge in [0.2, 0.25) is 0 Å². The summed E-state index contributed by atoms with van der Waals surface area (Å²) in [5, 5.41) is 1.19. The highest BCUT2D eigenvalue weighted by atomic mass is 35.5. The average molecular weight is 370 g/mol. The number of hydrogen-bond donors (Lipinski definition) is 2. The van der Waals surface area contributed by atoms with Gasteiger partial charge in [0.1, 0.15) is 0 Å². The van der Waals surface area contributed by atoms with Gasteiger partial charge in [-0.05, 0) is 48.9 Å². The second-order valence-electron chi connectivity index (χ2n) is 6.87. The first kappa shape index (κ1) is 16.9. The number of aryl methyl sites for hydroxylation is 1. The van der Waals surface area contributed by atoms with E-state index in [9.17, 15) is 9.59 Å². The average Bonchev–Trinajstić information content (AvgIpc) is 3.11. The lowest BCUT2D eigenvalue weighted by Gasteiger charge is -2.32.